The van der Waals surface area contributed by atoms with Crippen molar-refractivity contribution in [2.45, 2.75) is 25.3 Å². The van der Waals surface area contributed by atoms with Crippen LogP contribution in [0.5, 0.6) is 0 Å². The largest absolute Gasteiger partial charge is 0.327 e. The molecule has 2 N–H and O–H groups in total. The van der Waals surface area contributed by atoms with E-state index in [2.05, 4.69) is 22.1 Å². The Balaban J connectivity index is 0.000000722. The van der Waals surface area contributed by atoms with Crippen LogP contribution in [0.4, 0.5) is 0 Å². The summed E-state index contributed by atoms with van der Waals surface area (Å²) in [4.78, 5) is 8.85. The SMILES string of the molecule is Cl.Cl.NC1CCc2nc3ncccc3cc2C1. The molecule has 0 spiro atoms. The number of nitrogens with zero attached hydrogens (tertiary/aromatic N) is 2. The van der Waals surface area contributed by atoms with E-state index in [1.54, 1.807) is 6.20 Å². The molecule has 0 radical (unpaired) electrons. The van der Waals surface area contributed by atoms with Gasteiger partial charge in [-0.3, -0.25) is 0 Å². The van der Waals surface area contributed by atoms with Gasteiger partial charge in [0.2, 0.25) is 0 Å². The average Bonchev–Trinajstić information content (AvgIpc) is 2.26. The molecule has 2 heterocycles. The summed E-state index contributed by atoms with van der Waals surface area (Å²) in [5, 5.41) is 1.12. The van der Waals surface area contributed by atoms with Gasteiger partial charge in [0, 0.05) is 23.3 Å². The van der Waals surface area contributed by atoms with E-state index in [9.17, 15) is 0 Å². The van der Waals surface area contributed by atoms with Gasteiger partial charge in [-0.2, -0.15) is 0 Å². The smallest absolute Gasteiger partial charge is 0.159 e. The molecule has 17 heavy (non-hydrogen) atoms. The van der Waals surface area contributed by atoms with Gasteiger partial charge in [-0.1, -0.05) is 0 Å². The van der Waals surface area contributed by atoms with Crippen molar-refractivity contribution in [1.82, 2.24) is 9.97 Å². The van der Waals surface area contributed by atoms with E-state index in [1.165, 1.54) is 11.3 Å². The van der Waals surface area contributed by atoms with Gasteiger partial charge < -0.3 is 5.73 Å². The third-order valence-corrected chi connectivity index (χ3v) is 2.99. The van der Waals surface area contributed by atoms with Crippen LogP contribution < -0.4 is 5.73 Å². The van der Waals surface area contributed by atoms with Gasteiger partial charge in [0.05, 0.1) is 0 Å². The molecule has 0 aromatic carbocycles. The molecule has 0 fully saturated rings. The minimum Gasteiger partial charge on any atom is -0.327 e. The minimum absolute atomic E-state index is 0. The number of hydrogen-bond donors (Lipinski definition) is 1. The highest BCUT2D eigenvalue weighted by Crippen LogP contribution is 2.22. The van der Waals surface area contributed by atoms with Crippen LogP contribution in [0.15, 0.2) is 24.4 Å². The summed E-state index contributed by atoms with van der Waals surface area (Å²) in [6.45, 7) is 0. The summed E-state index contributed by atoms with van der Waals surface area (Å²) in [7, 11) is 0. The number of aryl methyl sites for hydroxylation is 1. The van der Waals surface area contributed by atoms with Gasteiger partial charge >= 0.3 is 0 Å². The summed E-state index contributed by atoms with van der Waals surface area (Å²) < 4.78 is 0. The van der Waals surface area contributed by atoms with Crippen LogP contribution in [0.2, 0.25) is 0 Å². The van der Waals surface area contributed by atoms with Gasteiger partial charge in [-0.25, -0.2) is 9.97 Å². The van der Waals surface area contributed by atoms with Crippen molar-refractivity contribution in [3.63, 3.8) is 0 Å². The minimum atomic E-state index is 0. The Morgan fingerprint density at radius 1 is 1.29 bits per heavy atom. The first-order valence-electron chi connectivity index (χ1n) is 5.32. The van der Waals surface area contributed by atoms with Gasteiger partial charge in [-0.15, -0.1) is 24.8 Å². The molecule has 3 rings (SSSR count). The molecule has 0 bridgehead atoms. The summed E-state index contributed by atoms with van der Waals surface area (Å²) in [5.74, 6) is 0. The van der Waals surface area contributed by atoms with Crippen LogP contribution >= 0.6 is 24.8 Å². The quantitative estimate of drug-likeness (QED) is 0.800. The van der Waals surface area contributed by atoms with Gasteiger partial charge in [0.15, 0.2) is 5.65 Å². The van der Waals surface area contributed by atoms with Crippen LogP contribution in [0, 0.1) is 0 Å². The maximum absolute atomic E-state index is 5.95. The summed E-state index contributed by atoms with van der Waals surface area (Å²) >= 11 is 0. The molecule has 0 aliphatic heterocycles. The zero-order valence-electron chi connectivity index (χ0n) is 9.30. The molecule has 2 aromatic heterocycles. The predicted molar refractivity (Wildman–Crippen MR) is 74.0 cm³/mol. The Hall–Kier alpha value is -0.900. The van der Waals surface area contributed by atoms with Gasteiger partial charge in [0.1, 0.15) is 0 Å². The second-order valence-electron chi connectivity index (χ2n) is 4.15. The molecular formula is C12H15Cl2N3. The van der Waals surface area contributed by atoms with Crippen LogP contribution in [-0.2, 0) is 12.8 Å². The summed E-state index contributed by atoms with van der Waals surface area (Å²) in [6.07, 6.45) is 4.77. The van der Waals surface area contributed by atoms with Gasteiger partial charge in [-0.05, 0) is 43.0 Å². The van der Waals surface area contributed by atoms with E-state index in [-0.39, 0.29) is 24.8 Å². The third-order valence-electron chi connectivity index (χ3n) is 2.99. The zero-order valence-corrected chi connectivity index (χ0v) is 10.9. The fraction of sp³-hybridized carbons (Fsp3) is 0.333. The van der Waals surface area contributed by atoms with Crippen molar-refractivity contribution in [2.75, 3.05) is 0 Å². The molecular weight excluding hydrogens is 257 g/mol. The first kappa shape index (κ1) is 14.2. The highest BCUT2D eigenvalue weighted by molar-refractivity contribution is 5.85. The Morgan fingerprint density at radius 2 is 2.12 bits per heavy atom. The molecule has 0 amide bonds. The van der Waals surface area contributed by atoms with E-state index in [4.69, 9.17) is 5.73 Å². The number of halogens is 2. The predicted octanol–water partition coefficient (Wildman–Crippen LogP) is 2.29. The van der Waals surface area contributed by atoms with E-state index in [0.717, 1.165) is 30.3 Å². The van der Waals surface area contributed by atoms with E-state index in [0.29, 0.717) is 6.04 Å². The molecule has 1 aliphatic carbocycles. The maximum atomic E-state index is 5.95. The van der Waals surface area contributed by atoms with Crippen molar-refractivity contribution >= 4 is 35.8 Å². The highest BCUT2D eigenvalue weighted by atomic mass is 35.5. The molecule has 3 nitrogen and oxygen atoms in total. The van der Waals surface area contributed by atoms with Crippen molar-refractivity contribution < 1.29 is 0 Å². The second-order valence-corrected chi connectivity index (χ2v) is 4.15. The first-order valence-corrected chi connectivity index (χ1v) is 5.32. The molecule has 1 atom stereocenters. The van der Waals surface area contributed by atoms with E-state index < -0.39 is 0 Å². The number of fused-ring (bicyclic) bond motifs is 2. The fourth-order valence-electron chi connectivity index (χ4n) is 2.19. The lowest BCUT2D eigenvalue weighted by molar-refractivity contribution is 0.568. The first-order chi connectivity index (χ1) is 7.33. The Labute approximate surface area is 113 Å². The number of nitrogens with two attached hydrogens (primary N) is 1. The zero-order chi connectivity index (χ0) is 10.3. The van der Waals surface area contributed by atoms with Crippen molar-refractivity contribution in [3.05, 3.63) is 35.7 Å². The number of aromatic nitrogens is 2. The van der Waals surface area contributed by atoms with E-state index in [1.807, 2.05) is 6.07 Å². The van der Waals surface area contributed by atoms with Crippen LogP contribution in [-0.4, -0.2) is 16.0 Å². The Kier molecular flexibility index (Phi) is 4.69. The van der Waals surface area contributed by atoms with Crippen LogP contribution in [0.25, 0.3) is 11.0 Å². The van der Waals surface area contributed by atoms with Crippen LogP contribution in [0.3, 0.4) is 0 Å². The third kappa shape index (κ3) is 2.68. The molecule has 1 aliphatic rings. The van der Waals surface area contributed by atoms with Crippen LogP contribution in [0.1, 0.15) is 17.7 Å². The topological polar surface area (TPSA) is 51.8 Å². The summed E-state index contributed by atoms with van der Waals surface area (Å²) in [5.41, 5.74) is 9.29. The number of rotatable bonds is 0. The molecule has 0 saturated heterocycles. The maximum Gasteiger partial charge on any atom is 0.159 e. The molecule has 92 valence electrons. The number of pyridine rings is 2. The average molecular weight is 272 g/mol. The van der Waals surface area contributed by atoms with Crippen molar-refractivity contribution in [1.29, 1.82) is 0 Å². The lowest BCUT2D eigenvalue weighted by Gasteiger charge is -2.20. The lowest BCUT2D eigenvalue weighted by atomic mass is 9.92. The fourth-order valence-corrected chi connectivity index (χ4v) is 2.19. The monoisotopic (exact) mass is 271 g/mol. The standard InChI is InChI=1S/C12H13N3.2ClH/c13-10-3-4-11-9(7-10)6-8-2-1-5-14-12(8)15-11;;/h1-2,5-6,10H,3-4,7,13H2;2*1H. The molecule has 5 heteroatoms. The molecule has 0 saturated carbocycles. The Bertz CT molecular complexity index is 516. The van der Waals surface area contributed by atoms with Crippen molar-refractivity contribution in [3.8, 4) is 0 Å². The molecule has 2 aromatic rings. The Morgan fingerprint density at radius 3 is 2.94 bits per heavy atom. The van der Waals surface area contributed by atoms with Crippen molar-refractivity contribution in [2.24, 2.45) is 5.73 Å². The van der Waals surface area contributed by atoms with E-state index >= 15 is 0 Å². The van der Waals surface area contributed by atoms with Gasteiger partial charge in [0.25, 0.3) is 0 Å². The number of hydrogen-bond acceptors (Lipinski definition) is 3. The molecule has 1 unspecified atom stereocenters. The second kappa shape index (κ2) is 5.63. The highest BCUT2D eigenvalue weighted by Gasteiger charge is 2.17. The lowest BCUT2D eigenvalue weighted by Crippen LogP contribution is -2.28. The summed E-state index contributed by atoms with van der Waals surface area (Å²) in [6, 6.07) is 6.48. The normalized spacial score (nSPS) is 17.8.